The number of nitrogens with zero attached hydrogens (tertiary/aromatic N) is 5. The van der Waals surface area contributed by atoms with Gasteiger partial charge in [0.15, 0.2) is 11.0 Å². The Labute approximate surface area is 163 Å². The highest BCUT2D eigenvalue weighted by molar-refractivity contribution is 7.98. The molecule has 148 valence electrons. The summed E-state index contributed by atoms with van der Waals surface area (Å²) in [6.07, 6.45) is -0.972. The molecule has 1 saturated heterocycles. The van der Waals surface area contributed by atoms with E-state index in [0.29, 0.717) is 35.2 Å². The molecule has 1 aliphatic heterocycles. The minimum Gasteiger partial charge on any atom is -0.377 e. The molecular formula is C18H18F3N5OS. The average molecular weight is 409 g/mol. The molecular weight excluding hydrogens is 391 g/mol. The first kappa shape index (κ1) is 19.0. The molecule has 1 fully saturated rings. The Morgan fingerprint density at radius 2 is 2.00 bits per heavy atom. The van der Waals surface area contributed by atoms with Gasteiger partial charge in [-0.25, -0.2) is 28.1 Å². The first-order valence-corrected chi connectivity index (χ1v) is 9.94. The Balaban J connectivity index is 1.89. The van der Waals surface area contributed by atoms with Gasteiger partial charge in [-0.2, -0.15) is 0 Å². The van der Waals surface area contributed by atoms with Gasteiger partial charge in [-0.3, -0.25) is 4.57 Å². The summed E-state index contributed by atoms with van der Waals surface area (Å²) in [6, 6.07) is 8.03. The smallest absolute Gasteiger partial charge is 0.296 e. The zero-order valence-electron chi connectivity index (χ0n) is 15.1. The van der Waals surface area contributed by atoms with Gasteiger partial charge in [0.05, 0.1) is 30.3 Å². The highest BCUT2D eigenvalue weighted by Gasteiger charge is 2.27. The number of morpholine rings is 1. The maximum Gasteiger partial charge on any atom is 0.296 e. The standard InChI is InChI=1S/C18H18F3N5OS/c1-28-18-23-14(25-6-7-27-10-11(25)9-19)8-15(24-18)26-13-5-3-2-4-12(13)22-17(26)16(20)21/h2-5,8,11,16H,6-7,9-10H2,1H3. The Kier molecular flexibility index (Phi) is 5.40. The number of ether oxygens (including phenoxy) is 1. The Hall–Kier alpha value is -2.33. The maximum atomic E-state index is 13.7. The van der Waals surface area contributed by atoms with Crippen molar-refractivity contribution in [2.24, 2.45) is 0 Å². The van der Waals surface area contributed by atoms with E-state index in [2.05, 4.69) is 15.0 Å². The van der Waals surface area contributed by atoms with Crippen LogP contribution in [0.25, 0.3) is 16.9 Å². The van der Waals surface area contributed by atoms with Crippen molar-refractivity contribution in [1.29, 1.82) is 0 Å². The highest BCUT2D eigenvalue weighted by atomic mass is 32.2. The van der Waals surface area contributed by atoms with E-state index >= 15 is 0 Å². The monoisotopic (exact) mass is 409 g/mol. The largest absolute Gasteiger partial charge is 0.377 e. The summed E-state index contributed by atoms with van der Waals surface area (Å²) in [7, 11) is 0. The molecule has 0 radical (unpaired) electrons. The SMILES string of the molecule is CSc1nc(N2CCOCC2CF)cc(-n2c(C(F)F)nc3ccccc32)n1. The van der Waals surface area contributed by atoms with Crippen molar-refractivity contribution < 1.29 is 17.9 Å². The lowest BCUT2D eigenvalue weighted by atomic mass is 10.2. The molecule has 3 aromatic rings. The Morgan fingerprint density at radius 3 is 2.75 bits per heavy atom. The summed E-state index contributed by atoms with van der Waals surface area (Å²) in [5, 5.41) is 0.412. The molecule has 3 heterocycles. The third-order valence-corrected chi connectivity index (χ3v) is 5.12. The lowest BCUT2D eigenvalue weighted by molar-refractivity contribution is 0.0855. The summed E-state index contributed by atoms with van der Waals surface area (Å²) in [5.41, 5.74) is 0.982. The van der Waals surface area contributed by atoms with Crippen LogP contribution in [0.1, 0.15) is 12.2 Å². The van der Waals surface area contributed by atoms with Gasteiger partial charge in [0.2, 0.25) is 0 Å². The number of halogens is 3. The van der Waals surface area contributed by atoms with Gasteiger partial charge >= 0.3 is 0 Å². The van der Waals surface area contributed by atoms with Gasteiger partial charge in [0.1, 0.15) is 18.3 Å². The zero-order valence-corrected chi connectivity index (χ0v) is 15.9. The molecule has 1 aromatic carbocycles. The van der Waals surface area contributed by atoms with Gasteiger partial charge in [-0.1, -0.05) is 23.9 Å². The fraction of sp³-hybridized carbons (Fsp3) is 0.389. The van der Waals surface area contributed by atoms with Crippen LogP contribution >= 0.6 is 11.8 Å². The summed E-state index contributed by atoms with van der Waals surface area (Å²) in [4.78, 5) is 14.8. The van der Waals surface area contributed by atoms with E-state index in [0.717, 1.165) is 0 Å². The first-order valence-electron chi connectivity index (χ1n) is 8.71. The molecule has 0 aliphatic carbocycles. The van der Waals surface area contributed by atoms with Crippen molar-refractivity contribution >= 4 is 28.6 Å². The van der Waals surface area contributed by atoms with Crippen LogP contribution in [-0.2, 0) is 4.74 Å². The van der Waals surface area contributed by atoms with Crippen LogP contribution in [0.5, 0.6) is 0 Å². The first-order chi connectivity index (χ1) is 13.6. The quantitative estimate of drug-likeness (QED) is 0.474. The topological polar surface area (TPSA) is 56.1 Å². The predicted molar refractivity (Wildman–Crippen MR) is 101 cm³/mol. The summed E-state index contributed by atoms with van der Waals surface area (Å²) in [6.45, 7) is 0.566. The van der Waals surface area contributed by atoms with Crippen LogP contribution < -0.4 is 4.90 Å². The number of hydrogen-bond acceptors (Lipinski definition) is 6. The maximum absolute atomic E-state index is 13.7. The van der Waals surface area contributed by atoms with Crippen molar-refractivity contribution in [2.45, 2.75) is 17.6 Å². The van der Waals surface area contributed by atoms with E-state index in [1.54, 1.807) is 41.5 Å². The second kappa shape index (κ2) is 7.96. The summed E-state index contributed by atoms with van der Waals surface area (Å²) >= 11 is 1.29. The zero-order chi connectivity index (χ0) is 19.7. The predicted octanol–water partition coefficient (Wildman–Crippen LogP) is 3.65. The van der Waals surface area contributed by atoms with Crippen LogP contribution in [0.15, 0.2) is 35.5 Å². The molecule has 0 amide bonds. The van der Waals surface area contributed by atoms with E-state index in [4.69, 9.17) is 4.74 Å². The second-order valence-electron chi connectivity index (χ2n) is 6.24. The van der Waals surface area contributed by atoms with Crippen molar-refractivity contribution in [2.75, 3.05) is 37.6 Å². The molecule has 28 heavy (non-hydrogen) atoms. The van der Waals surface area contributed by atoms with E-state index in [1.165, 1.54) is 16.3 Å². The fourth-order valence-corrected chi connectivity index (χ4v) is 3.64. The number of imidazole rings is 1. The summed E-state index contributed by atoms with van der Waals surface area (Å²) in [5.74, 6) is 0.377. The van der Waals surface area contributed by atoms with Crippen LogP contribution in [0.2, 0.25) is 0 Å². The van der Waals surface area contributed by atoms with Crippen molar-refractivity contribution in [3.63, 3.8) is 0 Å². The molecule has 1 aliphatic rings. The number of alkyl halides is 3. The molecule has 0 spiro atoms. The number of fused-ring (bicyclic) bond motifs is 1. The molecule has 1 unspecified atom stereocenters. The number of anilines is 1. The van der Waals surface area contributed by atoms with E-state index in [-0.39, 0.29) is 18.2 Å². The number of thioether (sulfide) groups is 1. The molecule has 2 aromatic heterocycles. The Bertz CT molecular complexity index is 983. The van der Waals surface area contributed by atoms with Crippen molar-refractivity contribution in [1.82, 2.24) is 19.5 Å². The molecule has 6 nitrogen and oxygen atoms in total. The number of rotatable bonds is 5. The normalized spacial score (nSPS) is 17.6. The third kappa shape index (κ3) is 3.42. The van der Waals surface area contributed by atoms with E-state index < -0.39 is 19.1 Å². The van der Waals surface area contributed by atoms with Gasteiger partial charge in [0.25, 0.3) is 6.43 Å². The summed E-state index contributed by atoms with van der Waals surface area (Å²) < 4.78 is 47.5. The third-order valence-electron chi connectivity index (χ3n) is 4.57. The minimum absolute atomic E-state index is 0.251. The molecule has 1 atom stereocenters. The number of aromatic nitrogens is 4. The molecule has 0 N–H and O–H groups in total. The highest BCUT2D eigenvalue weighted by Crippen LogP contribution is 2.30. The molecule has 0 saturated carbocycles. The molecule has 4 rings (SSSR count). The van der Waals surface area contributed by atoms with Gasteiger partial charge in [-0.15, -0.1) is 0 Å². The van der Waals surface area contributed by atoms with Gasteiger partial charge in [-0.05, 0) is 18.4 Å². The van der Waals surface area contributed by atoms with Crippen molar-refractivity contribution in [3.05, 3.63) is 36.2 Å². The van der Waals surface area contributed by atoms with Crippen LogP contribution in [0.4, 0.5) is 19.0 Å². The van der Waals surface area contributed by atoms with Crippen LogP contribution in [0, 0.1) is 0 Å². The van der Waals surface area contributed by atoms with Gasteiger partial charge in [0, 0.05) is 12.6 Å². The van der Waals surface area contributed by atoms with Crippen LogP contribution in [0.3, 0.4) is 0 Å². The number of benzene rings is 1. The van der Waals surface area contributed by atoms with Crippen LogP contribution in [-0.4, -0.2) is 58.2 Å². The average Bonchev–Trinajstić information content (AvgIpc) is 3.13. The Morgan fingerprint density at radius 1 is 1.21 bits per heavy atom. The molecule has 0 bridgehead atoms. The van der Waals surface area contributed by atoms with E-state index in [9.17, 15) is 13.2 Å². The number of para-hydroxylation sites is 2. The second-order valence-corrected chi connectivity index (χ2v) is 7.02. The van der Waals surface area contributed by atoms with Gasteiger partial charge < -0.3 is 9.64 Å². The fourth-order valence-electron chi connectivity index (χ4n) is 3.27. The molecule has 10 heteroatoms. The lowest BCUT2D eigenvalue weighted by Gasteiger charge is -2.35. The van der Waals surface area contributed by atoms with Crippen molar-refractivity contribution in [3.8, 4) is 5.82 Å². The minimum atomic E-state index is -2.77. The lowest BCUT2D eigenvalue weighted by Crippen LogP contribution is -2.47. The number of hydrogen-bond donors (Lipinski definition) is 0. The van der Waals surface area contributed by atoms with E-state index in [1.807, 2.05) is 0 Å².